The lowest BCUT2D eigenvalue weighted by atomic mass is 10.2. The smallest absolute Gasteiger partial charge is 0.271 e. The van der Waals surface area contributed by atoms with Crippen molar-refractivity contribution in [3.8, 4) is 0 Å². The average molecular weight is 272 g/mol. The number of methoxy groups -OCH3 is 1. The zero-order chi connectivity index (χ0) is 13.5. The molecule has 1 amide bonds. The second-order valence-corrected chi connectivity index (χ2v) is 4.34. The fourth-order valence-electron chi connectivity index (χ4n) is 1.40. The van der Waals surface area contributed by atoms with E-state index in [0.717, 1.165) is 6.42 Å². The molecule has 1 heterocycles. The van der Waals surface area contributed by atoms with Gasteiger partial charge in [0, 0.05) is 26.8 Å². The number of hydrogen-bond acceptors (Lipinski definition) is 4. The molecular weight excluding hydrogens is 254 g/mol. The first-order chi connectivity index (χ1) is 8.58. The van der Waals surface area contributed by atoms with Crippen LogP contribution in [-0.4, -0.2) is 37.7 Å². The van der Waals surface area contributed by atoms with Crippen LogP contribution < -0.4 is 10.6 Å². The largest absolute Gasteiger partial charge is 0.385 e. The molecule has 1 rings (SSSR count). The van der Waals surface area contributed by atoms with Crippen molar-refractivity contribution in [2.45, 2.75) is 19.4 Å². The number of halogens is 1. The molecule has 0 saturated carbocycles. The average Bonchev–Trinajstić information content (AvgIpc) is 2.36. The summed E-state index contributed by atoms with van der Waals surface area (Å²) in [6.45, 7) is 2.51. The minimum absolute atomic E-state index is 0.00792. The highest BCUT2D eigenvalue weighted by atomic mass is 35.5. The van der Waals surface area contributed by atoms with E-state index >= 15 is 0 Å². The van der Waals surface area contributed by atoms with Crippen molar-refractivity contribution in [3.05, 3.63) is 22.8 Å². The van der Waals surface area contributed by atoms with Crippen molar-refractivity contribution >= 4 is 23.3 Å². The summed E-state index contributed by atoms with van der Waals surface area (Å²) >= 11 is 5.96. The molecule has 0 bridgehead atoms. The topological polar surface area (TPSA) is 63.2 Å². The van der Waals surface area contributed by atoms with E-state index in [0.29, 0.717) is 17.4 Å². The van der Waals surface area contributed by atoms with Crippen molar-refractivity contribution in [1.29, 1.82) is 0 Å². The first-order valence-electron chi connectivity index (χ1n) is 5.72. The molecule has 0 radical (unpaired) electrons. The highest BCUT2D eigenvalue weighted by molar-refractivity contribution is 6.33. The quantitative estimate of drug-likeness (QED) is 0.830. The number of pyridine rings is 1. The maximum Gasteiger partial charge on any atom is 0.271 e. The second kappa shape index (κ2) is 7.18. The summed E-state index contributed by atoms with van der Waals surface area (Å²) in [6, 6.07) is 3.37. The fraction of sp³-hybridized carbons (Fsp3) is 0.500. The molecule has 0 aliphatic carbocycles. The van der Waals surface area contributed by atoms with Crippen LogP contribution >= 0.6 is 11.6 Å². The van der Waals surface area contributed by atoms with E-state index in [9.17, 15) is 4.79 Å². The Bertz CT molecular complexity index is 412. The van der Waals surface area contributed by atoms with E-state index in [1.54, 1.807) is 26.3 Å². The summed E-state index contributed by atoms with van der Waals surface area (Å²) in [7, 11) is 3.36. The normalized spacial score (nSPS) is 12.0. The molecule has 0 fully saturated rings. The molecule has 5 nitrogen and oxygen atoms in total. The van der Waals surface area contributed by atoms with Crippen LogP contribution in [0.2, 0.25) is 5.02 Å². The van der Waals surface area contributed by atoms with Crippen LogP contribution in [0, 0.1) is 0 Å². The predicted molar refractivity (Wildman–Crippen MR) is 72.2 cm³/mol. The van der Waals surface area contributed by atoms with Gasteiger partial charge < -0.3 is 15.4 Å². The molecule has 1 unspecified atom stereocenters. The number of ether oxygens (including phenoxy) is 1. The Hall–Kier alpha value is -1.33. The molecule has 0 saturated heterocycles. The third-order valence-corrected chi connectivity index (χ3v) is 2.75. The van der Waals surface area contributed by atoms with Crippen molar-refractivity contribution < 1.29 is 9.53 Å². The summed E-state index contributed by atoms with van der Waals surface area (Å²) in [6.07, 6.45) is 0.742. The summed E-state index contributed by atoms with van der Waals surface area (Å²) in [5.74, 6) is 0.329. The zero-order valence-electron chi connectivity index (χ0n) is 10.8. The molecule has 0 aliphatic rings. The van der Waals surface area contributed by atoms with Crippen molar-refractivity contribution in [2.75, 3.05) is 26.1 Å². The number of carbonyl (C=O) groups is 1. The van der Waals surface area contributed by atoms with Crippen LogP contribution in [0.4, 0.5) is 5.82 Å². The number of rotatable bonds is 6. The van der Waals surface area contributed by atoms with E-state index in [1.807, 2.05) is 6.92 Å². The number of nitrogens with one attached hydrogen (secondary N) is 2. The van der Waals surface area contributed by atoms with Gasteiger partial charge in [0.15, 0.2) is 0 Å². The Morgan fingerprint density at radius 3 is 2.89 bits per heavy atom. The molecule has 0 aliphatic heterocycles. The van der Waals surface area contributed by atoms with Gasteiger partial charge in [0.25, 0.3) is 5.91 Å². The number of anilines is 1. The van der Waals surface area contributed by atoms with Gasteiger partial charge in [0.1, 0.15) is 11.5 Å². The Balaban J connectivity index is 2.71. The predicted octanol–water partition coefficient (Wildman–Crippen LogP) is 1.93. The maximum absolute atomic E-state index is 12.0. The van der Waals surface area contributed by atoms with E-state index in [-0.39, 0.29) is 17.6 Å². The van der Waals surface area contributed by atoms with Gasteiger partial charge >= 0.3 is 0 Å². The first kappa shape index (κ1) is 14.7. The first-order valence-corrected chi connectivity index (χ1v) is 6.10. The van der Waals surface area contributed by atoms with Crippen molar-refractivity contribution in [3.63, 3.8) is 0 Å². The highest BCUT2D eigenvalue weighted by Crippen LogP contribution is 2.16. The number of hydrogen-bond donors (Lipinski definition) is 2. The second-order valence-electron chi connectivity index (χ2n) is 3.93. The van der Waals surface area contributed by atoms with Gasteiger partial charge in [0.05, 0.1) is 5.02 Å². The SMILES string of the molecule is CNc1ccc(Cl)c(C(=O)NC(C)CCOC)n1. The van der Waals surface area contributed by atoms with E-state index < -0.39 is 0 Å². The molecule has 0 spiro atoms. The number of amides is 1. The molecule has 0 aromatic carbocycles. The lowest BCUT2D eigenvalue weighted by molar-refractivity contribution is 0.0925. The molecule has 1 aromatic rings. The minimum atomic E-state index is -0.277. The number of aromatic nitrogens is 1. The van der Waals surface area contributed by atoms with Crippen LogP contribution in [0.15, 0.2) is 12.1 Å². The van der Waals surface area contributed by atoms with Gasteiger partial charge in [0.2, 0.25) is 0 Å². The minimum Gasteiger partial charge on any atom is -0.385 e. The number of carbonyl (C=O) groups excluding carboxylic acids is 1. The Morgan fingerprint density at radius 1 is 1.56 bits per heavy atom. The number of nitrogens with zero attached hydrogens (tertiary/aromatic N) is 1. The van der Waals surface area contributed by atoms with Gasteiger partial charge in [-0.25, -0.2) is 4.98 Å². The van der Waals surface area contributed by atoms with Crippen LogP contribution in [0.1, 0.15) is 23.8 Å². The third-order valence-electron chi connectivity index (χ3n) is 2.45. The van der Waals surface area contributed by atoms with Crippen molar-refractivity contribution in [2.24, 2.45) is 0 Å². The van der Waals surface area contributed by atoms with Gasteiger partial charge in [-0.1, -0.05) is 11.6 Å². The summed E-state index contributed by atoms with van der Waals surface area (Å²) < 4.78 is 4.96. The van der Waals surface area contributed by atoms with E-state index in [2.05, 4.69) is 15.6 Å². The Morgan fingerprint density at radius 2 is 2.28 bits per heavy atom. The molecule has 100 valence electrons. The lowest BCUT2D eigenvalue weighted by Crippen LogP contribution is -2.34. The third kappa shape index (κ3) is 4.16. The summed E-state index contributed by atoms with van der Waals surface area (Å²) in [5.41, 5.74) is 0.229. The van der Waals surface area contributed by atoms with Crippen LogP contribution in [-0.2, 0) is 4.74 Å². The maximum atomic E-state index is 12.0. The standard InChI is InChI=1S/C12H18ClN3O2/c1-8(6-7-18-3)15-12(17)11-9(13)4-5-10(14-2)16-11/h4-5,8H,6-7H2,1-3H3,(H,14,16)(H,15,17). The van der Waals surface area contributed by atoms with Gasteiger partial charge in [-0.05, 0) is 25.5 Å². The lowest BCUT2D eigenvalue weighted by Gasteiger charge is -2.14. The summed E-state index contributed by atoms with van der Waals surface area (Å²) in [5, 5.41) is 6.04. The molecule has 1 aromatic heterocycles. The van der Waals surface area contributed by atoms with Crippen LogP contribution in [0.25, 0.3) is 0 Å². The monoisotopic (exact) mass is 271 g/mol. The molecular formula is C12H18ClN3O2. The molecule has 6 heteroatoms. The zero-order valence-corrected chi connectivity index (χ0v) is 11.5. The van der Waals surface area contributed by atoms with E-state index in [4.69, 9.17) is 16.3 Å². The molecule has 18 heavy (non-hydrogen) atoms. The summed E-state index contributed by atoms with van der Waals surface area (Å²) in [4.78, 5) is 16.1. The molecule has 1 atom stereocenters. The van der Waals surface area contributed by atoms with Crippen LogP contribution in [0.3, 0.4) is 0 Å². The molecule has 2 N–H and O–H groups in total. The van der Waals surface area contributed by atoms with Gasteiger partial charge in [-0.15, -0.1) is 0 Å². The fourth-order valence-corrected chi connectivity index (χ4v) is 1.59. The Kier molecular flexibility index (Phi) is 5.88. The van der Waals surface area contributed by atoms with Crippen molar-refractivity contribution in [1.82, 2.24) is 10.3 Å². The highest BCUT2D eigenvalue weighted by Gasteiger charge is 2.15. The van der Waals surface area contributed by atoms with E-state index in [1.165, 1.54) is 0 Å². The van der Waals surface area contributed by atoms with Gasteiger partial charge in [-0.2, -0.15) is 0 Å². The Labute approximate surface area is 112 Å². The van der Waals surface area contributed by atoms with Gasteiger partial charge in [-0.3, -0.25) is 4.79 Å². The van der Waals surface area contributed by atoms with Crippen LogP contribution in [0.5, 0.6) is 0 Å².